The van der Waals surface area contributed by atoms with Crippen LogP contribution in [0.4, 0.5) is 4.79 Å². The van der Waals surface area contributed by atoms with Crippen LogP contribution in [0.5, 0.6) is 0 Å². The van der Waals surface area contributed by atoms with Crippen molar-refractivity contribution in [3.8, 4) is 0 Å². The summed E-state index contributed by atoms with van der Waals surface area (Å²) >= 11 is 0. The Hall–Kier alpha value is -1.11. The van der Waals surface area contributed by atoms with E-state index in [4.69, 9.17) is 24.1 Å². The maximum Gasteiger partial charge on any atom is 0.506 e. The lowest BCUT2D eigenvalue weighted by Gasteiger charge is -2.27. The van der Waals surface area contributed by atoms with Crippen molar-refractivity contribution in [2.75, 3.05) is 19.8 Å². The molecule has 0 radical (unpaired) electrons. The van der Waals surface area contributed by atoms with Crippen molar-refractivity contribution in [2.24, 2.45) is 0 Å². The van der Waals surface area contributed by atoms with Gasteiger partial charge in [0.1, 0.15) is 6.10 Å². The van der Waals surface area contributed by atoms with Crippen LogP contribution in [0.15, 0.2) is 12.2 Å². The Bertz CT molecular complexity index is 721. The van der Waals surface area contributed by atoms with E-state index in [9.17, 15) is 4.79 Å². The summed E-state index contributed by atoms with van der Waals surface area (Å²) < 4.78 is 23.1. The minimum absolute atomic E-state index is 0.000335. The summed E-state index contributed by atoms with van der Waals surface area (Å²) in [5, 5.41) is 9.16. The molecule has 0 saturated carbocycles. The molecule has 296 valence electrons. The number of hydrogen-bond acceptors (Lipinski definition) is 5. The monoisotopic (exact) mass is 709 g/mol. The fraction of sp³-hybridized carbons (Fsp3) is 0.932. The zero-order valence-corrected chi connectivity index (χ0v) is 33.3. The summed E-state index contributed by atoms with van der Waals surface area (Å²) in [6.07, 6.45) is 44.7. The van der Waals surface area contributed by atoms with Gasteiger partial charge in [0.2, 0.25) is 0 Å². The lowest BCUT2D eigenvalue weighted by molar-refractivity contribution is -0.188. The molecule has 0 aromatic carbocycles. The predicted octanol–water partition coefficient (Wildman–Crippen LogP) is 14.3. The van der Waals surface area contributed by atoms with Crippen LogP contribution in [0.25, 0.3) is 0 Å². The number of carboxylic acid groups (broad SMARTS) is 1. The molecule has 0 aromatic heterocycles. The standard InChI is InChI=1S/C44H84O6/c1-3-5-7-9-10-11-12-13-14-15-16-17-21-24-27-32-38-47-40-42(50-44(45)46)36-30-26-23-20-18-19-22-25-29-35-41(34-28-8-6-4-2)49-43-37-31-33-39-48-43/h25,29,41-43H,3-24,26-28,30-40H2,1-2H3,(H,45,46). The lowest BCUT2D eigenvalue weighted by atomic mass is 10.0. The van der Waals surface area contributed by atoms with Crippen LogP contribution in [0, 0.1) is 0 Å². The SMILES string of the molecule is CCCCCCCCCCCCCCCCCCOCC(CCCCCCCCC=CCC(CCCCCC)OC1CCCCO1)OC(=O)O. The average Bonchev–Trinajstić information content (AvgIpc) is 3.11. The van der Waals surface area contributed by atoms with Gasteiger partial charge in [-0.2, -0.15) is 0 Å². The van der Waals surface area contributed by atoms with Gasteiger partial charge in [-0.15, -0.1) is 0 Å². The Morgan fingerprint density at radius 3 is 1.68 bits per heavy atom. The number of allylic oxidation sites excluding steroid dienone is 1. The van der Waals surface area contributed by atoms with Crippen LogP contribution in [-0.2, 0) is 18.9 Å². The highest BCUT2D eigenvalue weighted by molar-refractivity contribution is 5.57. The quantitative estimate of drug-likeness (QED) is 0.0391. The first-order valence-electron chi connectivity index (χ1n) is 22.0. The van der Waals surface area contributed by atoms with E-state index in [2.05, 4.69) is 26.0 Å². The smallest absolute Gasteiger partial charge is 0.450 e. The molecule has 3 atom stereocenters. The average molecular weight is 709 g/mol. The highest BCUT2D eigenvalue weighted by Gasteiger charge is 2.19. The summed E-state index contributed by atoms with van der Waals surface area (Å²) in [5.74, 6) is 0. The minimum Gasteiger partial charge on any atom is -0.450 e. The highest BCUT2D eigenvalue weighted by atomic mass is 16.7. The first-order valence-corrected chi connectivity index (χ1v) is 22.0. The number of ether oxygens (including phenoxy) is 4. The summed E-state index contributed by atoms with van der Waals surface area (Å²) in [4.78, 5) is 11.2. The minimum atomic E-state index is -1.19. The Morgan fingerprint density at radius 1 is 0.640 bits per heavy atom. The third-order valence-electron chi connectivity index (χ3n) is 10.3. The summed E-state index contributed by atoms with van der Waals surface area (Å²) in [6, 6.07) is 0. The van der Waals surface area contributed by atoms with Crippen LogP contribution in [0.2, 0.25) is 0 Å². The molecule has 0 aromatic rings. The molecule has 3 unspecified atom stereocenters. The Labute approximate surface area is 310 Å². The van der Waals surface area contributed by atoms with Gasteiger partial charge in [-0.3, -0.25) is 0 Å². The topological polar surface area (TPSA) is 74.2 Å². The Balaban J connectivity index is 1.98. The molecule has 1 aliphatic heterocycles. The molecule has 6 heteroatoms. The first kappa shape index (κ1) is 46.9. The fourth-order valence-electron chi connectivity index (χ4n) is 7.07. The highest BCUT2D eigenvalue weighted by Crippen LogP contribution is 2.21. The number of rotatable bonds is 38. The van der Waals surface area contributed by atoms with Crippen molar-refractivity contribution in [1.29, 1.82) is 0 Å². The van der Waals surface area contributed by atoms with Crippen molar-refractivity contribution in [1.82, 2.24) is 0 Å². The fourth-order valence-corrected chi connectivity index (χ4v) is 7.07. The second-order valence-electron chi connectivity index (χ2n) is 15.2. The summed E-state index contributed by atoms with van der Waals surface area (Å²) in [5.41, 5.74) is 0. The molecule has 1 fully saturated rings. The van der Waals surface area contributed by atoms with Gasteiger partial charge in [-0.1, -0.05) is 174 Å². The second kappa shape index (κ2) is 37.6. The third kappa shape index (κ3) is 32.8. The van der Waals surface area contributed by atoms with Crippen LogP contribution in [0.3, 0.4) is 0 Å². The number of carbonyl (C=O) groups is 1. The molecular weight excluding hydrogens is 624 g/mol. The van der Waals surface area contributed by atoms with E-state index in [0.717, 1.165) is 64.4 Å². The Morgan fingerprint density at radius 2 is 1.14 bits per heavy atom. The van der Waals surface area contributed by atoms with Gasteiger partial charge in [0.05, 0.1) is 12.7 Å². The second-order valence-corrected chi connectivity index (χ2v) is 15.2. The van der Waals surface area contributed by atoms with Crippen LogP contribution >= 0.6 is 0 Å². The molecule has 50 heavy (non-hydrogen) atoms. The van der Waals surface area contributed by atoms with Crippen molar-refractivity contribution in [2.45, 2.75) is 244 Å². The molecule has 0 spiro atoms. The third-order valence-corrected chi connectivity index (χ3v) is 10.3. The van der Waals surface area contributed by atoms with E-state index in [1.165, 1.54) is 154 Å². The van der Waals surface area contributed by atoms with Crippen LogP contribution in [0.1, 0.15) is 226 Å². The number of unbranched alkanes of at least 4 members (excludes halogenated alkanes) is 24. The maximum atomic E-state index is 11.2. The van der Waals surface area contributed by atoms with E-state index in [0.29, 0.717) is 13.2 Å². The molecule has 1 aliphatic rings. The van der Waals surface area contributed by atoms with Crippen molar-refractivity contribution in [3.63, 3.8) is 0 Å². The van der Waals surface area contributed by atoms with Gasteiger partial charge < -0.3 is 24.1 Å². The zero-order chi connectivity index (χ0) is 36.0. The van der Waals surface area contributed by atoms with Crippen LogP contribution in [-0.4, -0.2) is 49.6 Å². The van der Waals surface area contributed by atoms with Gasteiger partial charge in [0.15, 0.2) is 6.29 Å². The van der Waals surface area contributed by atoms with Gasteiger partial charge in [-0.25, -0.2) is 4.79 Å². The normalized spacial score (nSPS) is 16.2. The molecule has 0 aliphatic carbocycles. The molecule has 6 nitrogen and oxygen atoms in total. The van der Waals surface area contributed by atoms with E-state index >= 15 is 0 Å². The summed E-state index contributed by atoms with van der Waals surface area (Å²) in [7, 11) is 0. The van der Waals surface area contributed by atoms with E-state index in [1.807, 2.05) is 0 Å². The molecule has 1 heterocycles. The molecule has 1 saturated heterocycles. The molecule has 1 rings (SSSR count). The van der Waals surface area contributed by atoms with E-state index in [1.54, 1.807) is 0 Å². The van der Waals surface area contributed by atoms with Crippen molar-refractivity contribution < 1.29 is 28.8 Å². The van der Waals surface area contributed by atoms with Gasteiger partial charge >= 0.3 is 6.16 Å². The largest absolute Gasteiger partial charge is 0.506 e. The van der Waals surface area contributed by atoms with E-state index in [-0.39, 0.29) is 18.5 Å². The molecule has 0 amide bonds. The lowest BCUT2D eigenvalue weighted by Crippen LogP contribution is -2.27. The maximum absolute atomic E-state index is 11.2. The molecule has 0 bridgehead atoms. The molecular formula is C44H84O6. The predicted molar refractivity (Wildman–Crippen MR) is 211 cm³/mol. The summed E-state index contributed by atoms with van der Waals surface area (Å²) in [6.45, 7) is 6.48. The van der Waals surface area contributed by atoms with Crippen molar-refractivity contribution in [3.05, 3.63) is 12.2 Å². The first-order chi connectivity index (χ1) is 24.7. The molecule has 1 N–H and O–H groups in total. The van der Waals surface area contributed by atoms with Gasteiger partial charge in [0.25, 0.3) is 0 Å². The zero-order valence-electron chi connectivity index (χ0n) is 33.3. The Kier molecular flexibility index (Phi) is 35.3. The van der Waals surface area contributed by atoms with Crippen molar-refractivity contribution >= 4 is 6.16 Å². The van der Waals surface area contributed by atoms with Crippen LogP contribution < -0.4 is 0 Å². The van der Waals surface area contributed by atoms with Gasteiger partial charge in [0, 0.05) is 13.2 Å². The number of hydrogen-bond donors (Lipinski definition) is 1. The van der Waals surface area contributed by atoms with E-state index < -0.39 is 6.16 Å². The van der Waals surface area contributed by atoms with Gasteiger partial charge in [-0.05, 0) is 64.2 Å².